The van der Waals surface area contributed by atoms with Crippen molar-refractivity contribution in [2.75, 3.05) is 25.0 Å². The first-order chi connectivity index (χ1) is 14.5. The standard InChI is InChI=1S/C23H34N6O.HI/c1-5-17(3)22(30)27-21-9-7-8-18(12-21)13-25-23(24-6-2)29-11-10-19(16-29)20-14-26-28(4)15-20;/h7-9,12,14-15,17,19H,5-6,10-11,13,16H2,1-4H3,(H,24,25)(H,27,30);1H. The van der Waals surface area contributed by atoms with E-state index in [0.717, 1.165) is 49.7 Å². The topological polar surface area (TPSA) is 74.6 Å². The Morgan fingerprint density at radius 1 is 1.35 bits per heavy atom. The van der Waals surface area contributed by atoms with E-state index in [1.165, 1.54) is 5.56 Å². The van der Waals surface area contributed by atoms with Gasteiger partial charge in [-0.3, -0.25) is 9.48 Å². The van der Waals surface area contributed by atoms with Gasteiger partial charge in [0.15, 0.2) is 5.96 Å². The lowest BCUT2D eigenvalue weighted by atomic mass is 10.0. The maximum absolute atomic E-state index is 12.2. The number of rotatable bonds is 7. The molecule has 2 heterocycles. The number of anilines is 1. The normalized spacial score (nSPS) is 17.2. The maximum Gasteiger partial charge on any atom is 0.227 e. The molecule has 1 aromatic carbocycles. The highest BCUT2D eigenvalue weighted by atomic mass is 127. The lowest BCUT2D eigenvalue weighted by molar-refractivity contribution is -0.119. The largest absolute Gasteiger partial charge is 0.357 e. The Bertz CT molecular complexity index is 880. The minimum absolute atomic E-state index is 0. The molecule has 0 aliphatic carbocycles. The molecule has 1 aromatic heterocycles. The van der Waals surface area contributed by atoms with E-state index in [1.54, 1.807) is 0 Å². The van der Waals surface area contributed by atoms with Crippen molar-refractivity contribution in [3.8, 4) is 0 Å². The lowest BCUT2D eigenvalue weighted by Gasteiger charge is -2.21. The number of carbonyl (C=O) groups excluding carboxylic acids is 1. The summed E-state index contributed by atoms with van der Waals surface area (Å²) in [5, 5.41) is 10.7. The maximum atomic E-state index is 12.2. The molecule has 2 N–H and O–H groups in total. The Balaban J connectivity index is 0.00000341. The molecule has 0 radical (unpaired) electrons. The van der Waals surface area contributed by atoms with E-state index < -0.39 is 0 Å². The smallest absolute Gasteiger partial charge is 0.227 e. The van der Waals surface area contributed by atoms with Crippen LogP contribution in [-0.4, -0.2) is 46.2 Å². The van der Waals surface area contributed by atoms with Gasteiger partial charge in [0.1, 0.15) is 0 Å². The second kappa shape index (κ2) is 12.1. The van der Waals surface area contributed by atoms with E-state index in [2.05, 4.69) is 33.8 Å². The zero-order valence-electron chi connectivity index (χ0n) is 19.0. The Hall–Kier alpha value is -2.10. The number of aromatic nitrogens is 2. The molecule has 3 rings (SSSR count). The molecule has 0 saturated carbocycles. The van der Waals surface area contributed by atoms with E-state index in [0.29, 0.717) is 12.5 Å². The van der Waals surface area contributed by atoms with Crippen LogP contribution in [0.2, 0.25) is 0 Å². The van der Waals surface area contributed by atoms with Crippen molar-refractivity contribution < 1.29 is 4.79 Å². The first kappa shape index (κ1) is 25.2. The predicted molar refractivity (Wildman–Crippen MR) is 137 cm³/mol. The van der Waals surface area contributed by atoms with Crippen molar-refractivity contribution in [1.29, 1.82) is 0 Å². The summed E-state index contributed by atoms with van der Waals surface area (Å²) in [4.78, 5) is 19.4. The number of aryl methyl sites for hydroxylation is 1. The molecule has 0 bridgehead atoms. The number of likely N-dealkylation sites (tertiary alicyclic amines) is 1. The van der Waals surface area contributed by atoms with Gasteiger partial charge in [0.05, 0.1) is 12.7 Å². The third kappa shape index (κ3) is 6.95. The van der Waals surface area contributed by atoms with Gasteiger partial charge in [0.25, 0.3) is 0 Å². The minimum atomic E-state index is 0. The van der Waals surface area contributed by atoms with Crippen LogP contribution >= 0.6 is 24.0 Å². The summed E-state index contributed by atoms with van der Waals surface area (Å²) < 4.78 is 1.87. The van der Waals surface area contributed by atoms with Crippen LogP contribution in [0, 0.1) is 5.92 Å². The second-order valence-corrected chi connectivity index (χ2v) is 8.05. The minimum Gasteiger partial charge on any atom is -0.357 e. The van der Waals surface area contributed by atoms with Crippen LogP contribution in [0.3, 0.4) is 0 Å². The number of amides is 1. The molecular formula is C23H35IN6O. The second-order valence-electron chi connectivity index (χ2n) is 8.05. The Kier molecular flexibility index (Phi) is 9.80. The summed E-state index contributed by atoms with van der Waals surface area (Å²) in [7, 11) is 1.96. The molecular weight excluding hydrogens is 503 g/mol. The highest BCUT2D eigenvalue weighted by molar-refractivity contribution is 14.0. The van der Waals surface area contributed by atoms with Crippen molar-refractivity contribution in [3.63, 3.8) is 0 Å². The fraction of sp³-hybridized carbons (Fsp3) is 0.522. The van der Waals surface area contributed by atoms with Gasteiger partial charge in [-0.05, 0) is 43.0 Å². The first-order valence-corrected chi connectivity index (χ1v) is 10.9. The molecule has 31 heavy (non-hydrogen) atoms. The van der Waals surface area contributed by atoms with Gasteiger partial charge in [0.2, 0.25) is 5.91 Å². The van der Waals surface area contributed by atoms with E-state index >= 15 is 0 Å². The monoisotopic (exact) mass is 538 g/mol. The van der Waals surface area contributed by atoms with Crippen molar-refractivity contribution in [2.45, 2.75) is 46.1 Å². The Labute approximate surface area is 202 Å². The zero-order valence-corrected chi connectivity index (χ0v) is 21.3. The van der Waals surface area contributed by atoms with Crippen LogP contribution < -0.4 is 10.6 Å². The van der Waals surface area contributed by atoms with Gasteiger partial charge >= 0.3 is 0 Å². The molecule has 1 aliphatic heterocycles. The molecule has 0 spiro atoms. The van der Waals surface area contributed by atoms with Gasteiger partial charge in [-0.1, -0.05) is 26.0 Å². The van der Waals surface area contributed by atoms with Crippen LogP contribution in [0.15, 0.2) is 41.7 Å². The third-order valence-corrected chi connectivity index (χ3v) is 5.68. The molecule has 1 saturated heterocycles. The molecule has 2 atom stereocenters. The summed E-state index contributed by atoms with van der Waals surface area (Å²) in [6, 6.07) is 7.96. The van der Waals surface area contributed by atoms with Gasteiger partial charge in [-0.2, -0.15) is 5.10 Å². The average Bonchev–Trinajstić information content (AvgIpc) is 3.40. The number of halogens is 1. The molecule has 1 amide bonds. The first-order valence-electron chi connectivity index (χ1n) is 10.9. The molecule has 2 aromatic rings. The fourth-order valence-corrected chi connectivity index (χ4v) is 3.67. The van der Waals surface area contributed by atoms with Gasteiger partial charge in [-0.25, -0.2) is 4.99 Å². The molecule has 2 unspecified atom stereocenters. The van der Waals surface area contributed by atoms with Crippen molar-refractivity contribution in [3.05, 3.63) is 47.8 Å². The van der Waals surface area contributed by atoms with E-state index in [-0.39, 0.29) is 35.8 Å². The lowest BCUT2D eigenvalue weighted by Crippen LogP contribution is -2.40. The van der Waals surface area contributed by atoms with Gasteiger partial charge < -0.3 is 15.5 Å². The quantitative estimate of drug-likeness (QED) is 0.318. The van der Waals surface area contributed by atoms with Crippen LogP contribution in [0.5, 0.6) is 0 Å². The van der Waals surface area contributed by atoms with Crippen molar-refractivity contribution in [2.24, 2.45) is 18.0 Å². The number of benzene rings is 1. The van der Waals surface area contributed by atoms with Crippen LogP contribution in [-0.2, 0) is 18.4 Å². The average molecular weight is 538 g/mol. The summed E-state index contributed by atoms with van der Waals surface area (Å²) >= 11 is 0. The number of hydrogen-bond acceptors (Lipinski definition) is 3. The van der Waals surface area contributed by atoms with Crippen molar-refractivity contribution in [1.82, 2.24) is 20.0 Å². The summed E-state index contributed by atoms with van der Waals surface area (Å²) in [6.45, 7) is 9.39. The van der Waals surface area contributed by atoms with Crippen LogP contribution in [0.1, 0.15) is 50.7 Å². The number of nitrogens with one attached hydrogen (secondary N) is 2. The van der Waals surface area contributed by atoms with Crippen molar-refractivity contribution >= 4 is 41.5 Å². The molecule has 7 nitrogen and oxygen atoms in total. The predicted octanol–water partition coefficient (Wildman–Crippen LogP) is 3.98. The highest BCUT2D eigenvalue weighted by Gasteiger charge is 2.26. The molecule has 170 valence electrons. The van der Waals surface area contributed by atoms with E-state index in [4.69, 9.17) is 4.99 Å². The van der Waals surface area contributed by atoms with E-state index in [9.17, 15) is 4.79 Å². The van der Waals surface area contributed by atoms with Gasteiger partial charge in [-0.15, -0.1) is 24.0 Å². The number of hydrogen-bond donors (Lipinski definition) is 2. The summed E-state index contributed by atoms with van der Waals surface area (Å²) in [5.41, 5.74) is 3.20. The van der Waals surface area contributed by atoms with E-state index in [1.807, 2.05) is 56.0 Å². The molecule has 1 fully saturated rings. The SMILES string of the molecule is CCNC(=NCc1cccc(NC(=O)C(C)CC)c1)N1CCC(c2cnn(C)c2)C1.I. The summed E-state index contributed by atoms with van der Waals surface area (Å²) in [6.07, 6.45) is 6.01. The number of aliphatic imine (C=N–C) groups is 1. The molecule has 8 heteroatoms. The Morgan fingerprint density at radius 3 is 2.84 bits per heavy atom. The number of carbonyl (C=O) groups is 1. The highest BCUT2D eigenvalue weighted by Crippen LogP contribution is 2.26. The fourth-order valence-electron chi connectivity index (χ4n) is 3.67. The van der Waals surface area contributed by atoms with Gasteiger partial charge in [0, 0.05) is 50.4 Å². The zero-order chi connectivity index (χ0) is 21.5. The number of guanidine groups is 1. The number of nitrogens with zero attached hydrogens (tertiary/aromatic N) is 4. The van der Waals surface area contributed by atoms with Crippen LogP contribution in [0.25, 0.3) is 0 Å². The van der Waals surface area contributed by atoms with Crippen LogP contribution in [0.4, 0.5) is 5.69 Å². The molecule has 1 aliphatic rings. The Morgan fingerprint density at radius 2 is 2.16 bits per heavy atom. The summed E-state index contributed by atoms with van der Waals surface area (Å²) in [5.74, 6) is 1.50. The third-order valence-electron chi connectivity index (χ3n) is 5.68.